The van der Waals surface area contributed by atoms with Crippen LogP contribution in [-0.2, 0) is 5.41 Å². The van der Waals surface area contributed by atoms with Gasteiger partial charge in [0.15, 0.2) is 17.2 Å². The van der Waals surface area contributed by atoms with Gasteiger partial charge in [-0.25, -0.2) is 9.07 Å². The second kappa shape index (κ2) is 6.71. The van der Waals surface area contributed by atoms with E-state index in [1.54, 1.807) is 24.3 Å². The molecule has 0 fully saturated rings. The van der Waals surface area contributed by atoms with Crippen LogP contribution in [0, 0.1) is 5.82 Å². The summed E-state index contributed by atoms with van der Waals surface area (Å²) in [6, 6.07) is 9.34. The number of halogens is 4. The predicted octanol–water partition coefficient (Wildman–Crippen LogP) is 4.11. The molecule has 1 aromatic heterocycles. The number of rotatable bonds is 2. The number of nitrogens with zero attached hydrogens (tertiary/aromatic N) is 1. The van der Waals surface area contributed by atoms with Crippen molar-refractivity contribution in [2.24, 2.45) is 0 Å². The van der Waals surface area contributed by atoms with Gasteiger partial charge in [0.1, 0.15) is 6.04 Å². The van der Waals surface area contributed by atoms with Crippen molar-refractivity contribution in [3.8, 4) is 5.75 Å². The Morgan fingerprint density at radius 1 is 1.10 bits per heavy atom. The normalized spacial score (nSPS) is 22.9. The molecule has 1 heterocycles. The van der Waals surface area contributed by atoms with E-state index in [4.69, 9.17) is 0 Å². The average Bonchev–Trinajstić information content (AvgIpc) is 2.67. The Morgan fingerprint density at radius 2 is 1.77 bits per heavy atom. The summed E-state index contributed by atoms with van der Waals surface area (Å²) < 4.78 is 57.6. The second-order valence-electron chi connectivity index (χ2n) is 8.47. The number of alkyl halides is 3. The Morgan fingerprint density at radius 3 is 2.45 bits per heavy atom. The van der Waals surface area contributed by atoms with Crippen molar-refractivity contribution in [3.05, 3.63) is 75.8 Å². The van der Waals surface area contributed by atoms with Gasteiger partial charge in [-0.15, -0.1) is 0 Å². The minimum absolute atomic E-state index is 0.0489. The van der Waals surface area contributed by atoms with E-state index in [0.717, 1.165) is 16.8 Å². The summed E-state index contributed by atoms with van der Waals surface area (Å²) in [5.41, 5.74) is -2.71. The Labute approximate surface area is 174 Å². The van der Waals surface area contributed by atoms with Crippen LogP contribution in [0.25, 0.3) is 10.9 Å². The van der Waals surface area contributed by atoms with E-state index in [9.17, 15) is 32.6 Å². The zero-order chi connectivity index (χ0) is 22.8. The van der Waals surface area contributed by atoms with Crippen molar-refractivity contribution in [3.63, 3.8) is 0 Å². The standard InChI is InChI=1S/C22H20F4N2O3/c1-20(2)11-21(31,22(24,25)26)19(13-8-9-14(23)18(30)17(13)20)27-28-15-6-4-3-5-12(15)7-10-16(28)29/h3-10,19,27,30-31H,11H2,1-2H3. The molecule has 31 heavy (non-hydrogen) atoms. The first-order valence-corrected chi connectivity index (χ1v) is 9.55. The first-order chi connectivity index (χ1) is 14.4. The van der Waals surface area contributed by atoms with Gasteiger partial charge < -0.3 is 15.6 Å². The molecule has 1 aliphatic rings. The van der Waals surface area contributed by atoms with Crippen LogP contribution >= 0.6 is 0 Å². The van der Waals surface area contributed by atoms with Crippen LogP contribution in [0.2, 0.25) is 0 Å². The molecule has 0 bridgehead atoms. The number of hydrogen-bond donors (Lipinski definition) is 3. The number of aromatic nitrogens is 1. The molecule has 0 spiro atoms. The maximum atomic E-state index is 14.2. The number of nitrogens with one attached hydrogen (secondary N) is 1. The fourth-order valence-corrected chi connectivity index (χ4v) is 4.54. The lowest BCUT2D eigenvalue weighted by Gasteiger charge is -2.49. The molecule has 3 N–H and O–H groups in total. The Balaban J connectivity index is 2.00. The first-order valence-electron chi connectivity index (χ1n) is 9.55. The molecule has 1 aliphatic carbocycles. The van der Waals surface area contributed by atoms with E-state index < -0.39 is 46.8 Å². The molecule has 0 aliphatic heterocycles. The third-order valence-corrected chi connectivity index (χ3v) is 5.89. The molecular weight excluding hydrogens is 416 g/mol. The van der Waals surface area contributed by atoms with Gasteiger partial charge in [0, 0.05) is 17.0 Å². The van der Waals surface area contributed by atoms with E-state index in [1.165, 1.54) is 26.0 Å². The highest BCUT2D eigenvalue weighted by Gasteiger charge is 2.64. The average molecular weight is 436 g/mol. The molecular formula is C22H20F4N2O3. The molecule has 2 aromatic carbocycles. The number of fused-ring (bicyclic) bond motifs is 2. The first kappa shape index (κ1) is 21.2. The molecule has 164 valence electrons. The van der Waals surface area contributed by atoms with Crippen molar-refractivity contribution in [2.75, 3.05) is 5.43 Å². The van der Waals surface area contributed by atoms with Gasteiger partial charge in [0.2, 0.25) is 0 Å². The number of benzene rings is 2. The van der Waals surface area contributed by atoms with Gasteiger partial charge in [0.25, 0.3) is 5.56 Å². The SMILES string of the molecule is CC1(C)CC(O)(C(F)(F)F)C(Nn2c(=O)ccc3ccccc32)c2ccc(F)c(O)c21. The van der Waals surface area contributed by atoms with Crippen molar-refractivity contribution in [2.45, 2.75) is 43.5 Å². The number of phenols is 1. The number of pyridine rings is 1. The van der Waals surface area contributed by atoms with Crippen molar-refractivity contribution in [1.29, 1.82) is 0 Å². The number of aliphatic hydroxyl groups is 1. The van der Waals surface area contributed by atoms with Crippen LogP contribution in [0.3, 0.4) is 0 Å². The molecule has 4 rings (SSSR count). The monoisotopic (exact) mass is 436 g/mol. The lowest BCUT2D eigenvalue weighted by atomic mass is 9.63. The van der Waals surface area contributed by atoms with Gasteiger partial charge >= 0.3 is 6.18 Å². The molecule has 3 aromatic rings. The lowest BCUT2D eigenvalue weighted by molar-refractivity contribution is -0.276. The maximum absolute atomic E-state index is 14.2. The summed E-state index contributed by atoms with van der Waals surface area (Å²) >= 11 is 0. The Bertz CT molecular complexity index is 1240. The third kappa shape index (κ3) is 3.15. The van der Waals surface area contributed by atoms with Crippen molar-refractivity contribution >= 4 is 10.9 Å². The molecule has 2 atom stereocenters. The fourth-order valence-electron chi connectivity index (χ4n) is 4.54. The molecule has 0 radical (unpaired) electrons. The Hall–Kier alpha value is -3.07. The Kier molecular flexibility index (Phi) is 4.59. The number of phenolic OH excluding ortho intramolecular Hbond substituents is 1. The van der Waals surface area contributed by atoms with Crippen LogP contribution in [0.5, 0.6) is 5.75 Å². The number of aromatic hydroxyl groups is 1. The van der Waals surface area contributed by atoms with Crippen LogP contribution in [-0.4, -0.2) is 26.7 Å². The summed E-state index contributed by atoms with van der Waals surface area (Å²) in [7, 11) is 0. The largest absolute Gasteiger partial charge is 0.505 e. The molecule has 9 heteroatoms. The van der Waals surface area contributed by atoms with Gasteiger partial charge in [-0.05, 0) is 35.6 Å². The molecule has 0 amide bonds. The highest BCUT2D eigenvalue weighted by atomic mass is 19.4. The summed E-state index contributed by atoms with van der Waals surface area (Å²) in [6.45, 7) is 2.78. The van der Waals surface area contributed by atoms with Crippen LogP contribution in [0.15, 0.2) is 53.3 Å². The van der Waals surface area contributed by atoms with E-state index in [2.05, 4.69) is 5.43 Å². The fraction of sp³-hybridized carbons (Fsp3) is 0.318. The summed E-state index contributed by atoms with van der Waals surface area (Å²) in [5, 5.41) is 21.9. The quantitative estimate of drug-likeness (QED) is 0.529. The van der Waals surface area contributed by atoms with E-state index in [1.807, 2.05) is 0 Å². The lowest BCUT2D eigenvalue weighted by Crippen LogP contribution is -2.60. The van der Waals surface area contributed by atoms with Gasteiger partial charge in [0.05, 0.1) is 5.52 Å². The minimum atomic E-state index is -5.09. The van der Waals surface area contributed by atoms with E-state index in [-0.39, 0.29) is 11.1 Å². The van der Waals surface area contributed by atoms with E-state index >= 15 is 0 Å². The second-order valence-corrected chi connectivity index (χ2v) is 8.47. The van der Waals surface area contributed by atoms with Crippen LogP contribution in [0.4, 0.5) is 17.6 Å². The topological polar surface area (TPSA) is 74.5 Å². The number of hydrogen-bond acceptors (Lipinski definition) is 4. The summed E-state index contributed by atoms with van der Waals surface area (Å²) in [6.07, 6.45) is -5.94. The molecule has 0 saturated heterocycles. The highest BCUT2D eigenvalue weighted by Crippen LogP contribution is 2.55. The zero-order valence-corrected chi connectivity index (χ0v) is 16.7. The molecule has 0 saturated carbocycles. The van der Waals surface area contributed by atoms with E-state index in [0.29, 0.717) is 10.9 Å². The molecule has 5 nitrogen and oxygen atoms in total. The van der Waals surface area contributed by atoms with Gasteiger partial charge in [-0.3, -0.25) is 4.79 Å². The zero-order valence-electron chi connectivity index (χ0n) is 16.7. The smallest absolute Gasteiger partial charge is 0.419 e. The summed E-state index contributed by atoms with van der Waals surface area (Å²) in [5.74, 6) is -1.76. The van der Waals surface area contributed by atoms with Crippen molar-refractivity contribution < 1.29 is 27.8 Å². The summed E-state index contributed by atoms with van der Waals surface area (Å²) in [4.78, 5) is 12.6. The third-order valence-electron chi connectivity index (χ3n) is 5.89. The van der Waals surface area contributed by atoms with Crippen LogP contribution < -0.4 is 11.0 Å². The maximum Gasteiger partial charge on any atom is 0.419 e. The minimum Gasteiger partial charge on any atom is -0.505 e. The van der Waals surface area contributed by atoms with Crippen molar-refractivity contribution in [1.82, 2.24) is 4.68 Å². The highest BCUT2D eigenvalue weighted by molar-refractivity contribution is 5.79. The molecule has 2 unspecified atom stereocenters. The number of para-hydroxylation sites is 1. The predicted molar refractivity (Wildman–Crippen MR) is 107 cm³/mol. The van der Waals surface area contributed by atoms with Gasteiger partial charge in [-0.1, -0.05) is 38.1 Å². The van der Waals surface area contributed by atoms with Crippen LogP contribution in [0.1, 0.15) is 37.4 Å². The van der Waals surface area contributed by atoms with Gasteiger partial charge in [-0.2, -0.15) is 13.2 Å².